The van der Waals surface area contributed by atoms with Gasteiger partial charge in [-0.15, -0.1) is 11.3 Å². The Balaban J connectivity index is 2.23. The predicted octanol–water partition coefficient (Wildman–Crippen LogP) is 2.57. The van der Waals surface area contributed by atoms with E-state index in [1.165, 1.54) is 16.9 Å². The van der Waals surface area contributed by atoms with Crippen LogP contribution in [0.25, 0.3) is 10.2 Å². The van der Waals surface area contributed by atoms with Crippen molar-refractivity contribution in [2.45, 2.75) is 13.8 Å². The number of thiophene rings is 1. The van der Waals surface area contributed by atoms with Gasteiger partial charge in [-0.1, -0.05) is 11.6 Å². The summed E-state index contributed by atoms with van der Waals surface area (Å²) < 4.78 is 0. The van der Waals surface area contributed by atoms with Crippen molar-refractivity contribution in [1.82, 2.24) is 10.3 Å². The van der Waals surface area contributed by atoms with Gasteiger partial charge in [0.2, 0.25) is 0 Å². The summed E-state index contributed by atoms with van der Waals surface area (Å²) in [6.07, 6.45) is 3.66. The van der Waals surface area contributed by atoms with Crippen molar-refractivity contribution in [3.05, 3.63) is 34.9 Å². The van der Waals surface area contributed by atoms with Crippen molar-refractivity contribution in [3.63, 3.8) is 0 Å². The Morgan fingerprint density at radius 3 is 3.00 bits per heavy atom. The van der Waals surface area contributed by atoms with Gasteiger partial charge in [-0.2, -0.15) is 0 Å². The normalized spacial score (nSPS) is 10.3. The highest BCUT2D eigenvalue weighted by Gasteiger charge is 2.15. The third-order valence-corrected chi connectivity index (χ3v) is 3.61. The van der Waals surface area contributed by atoms with Gasteiger partial charge in [0.05, 0.1) is 5.69 Å². The van der Waals surface area contributed by atoms with Gasteiger partial charge in [0.25, 0.3) is 5.91 Å². The smallest absolute Gasteiger partial charge is 0.263 e. The summed E-state index contributed by atoms with van der Waals surface area (Å²) in [7, 11) is 0. The number of nitrogens with zero attached hydrogens (tertiary/aromatic N) is 1. The van der Waals surface area contributed by atoms with Crippen LogP contribution >= 0.6 is 11.3 Å². The topological polar surface area (TPSA) is 68.0 Å². The molecule has 3 N–H and O–H groups in total. The van der Waals surface area contributed by atoms with Crippen LogP contribution in [-0.2, 0) is 0 Å². The number of pyridine rings is 1. The fraction of sp³-hybridized carbons (Fsp3) is 0.231. The van der Waals surface area contributed by atoms with E-state index < -0.39 is 0 Å². The van der Waals surface area contributed by atoms with E-state index in [9.17, 15) is 4.79 Å². The highest BCUT2D eigenvalue weighted by Crippen LogP contribution is 2.31. The van der Waals surface area contributed by atoms with Crippen molar-refractivity contribution in [1.29, 1.82) is 0 Å². The van der Waals surface area contributed by atoms with Crippen LogP contribution in [0.4, 0.5) is 5.69 Å². The number of rotatable bonds is 3. The van der Waals surface area contributed by atoms with Gasteiger partial charge in [0.15, 0.2) is 0 Å². The minimum Gasteiger partial charge on any atom is -0.397 e. The Morgan fingerprint density at radius 2 is 2.33 bits per heavy atom. The number of amides is 1. The summed E-state index contributed by atoms with van der Waals surface area (Å²) in [5, 5.41) is 3.66. The molecule has 4 nitrogen and oxygen atoms in total. The fourth-order valence-electron chi connectivity index (χ4n) is 1.55. The van der Waals surface area contributed by atoms with Gasteiger partial charge in [0, 0.05) is 18.1 Å². The summed E-state index contributed by atoms with van der Waals surface area (Å²) in [6, 6.07) is 3.69. The molecular weight excluding hydrogens is 246 g/mol. The van der Waals surface area contributed by atoms with Crippen LogP contribution in [0.3, 0.4) is 0 Å². The molecule has 0 radical (unpaired) electrons. The van der Waals surface area contributed by atoms with E-state index in [2.05, 4.69) is 10.3 Å². The number of allylic oxidation sites excluding steroid dienone is 1. The van der Waals surface area contributed by atoms with Gasteiger partial charge < -0.3 is 11.1 Å². The molecule has 2 rings (SSSR count). The van der Waals surface area contributed by atoms with E-state index in [1.54, 1.807) is 6.20 Å². The minimum absolute atomic E-state index is 0.145. The average molecular weight is 261 g/mol. The number of hydrogen-bond donors (Lipinski definition) is 2. The average Bonchev–Trinajstić information content (AvgIpc) is 2.67. The molecule has 2 heterocycles. The number of anilines is 1. The monoisotopic (exact) mass is 261 g/mol. The van der Waals surface area contributed by atoms with Crippen LogP contribution < -0.4 is 11.1 Å². The van der Waals surface area contributed by atoms with E-state index in [1.807, 2.05) is 32.1 Å². The number of carbonyl (C=O) groups is 1. The van der Waals surface area contributed by atoms with Gasteiger partial charge in [-0.25, -0.2) is 4.98 Å². The first kappa shape index (κ1) is 12.6. The molecule has 18 heavy (non-hydrogen) atoms. The molecule has 5 heteroatoms. The molecule has 1 amide bonds. The molecule has 0 aliphatic carbocycles. The second kappa shape index (κ2) is 5.18. The maximum absolute atomic E-state index is 12.0. The Morgan fingerprint density at radius 1 is 1.56 bits per heavy atom. The van der Waals surface area contributed by atoms with Crippen molar-refractivity contribution in [3.8, 4) is 0 Å². The largest absolute Gasteiger partial charge is 0.397 e. The molecule has 0 fully saturated rings. The lowest BCUT2D eigenvalue weighted by atomic mass is 10.2. The van der Waals surface area contributed by atoms with E-state index in [0.29, 0.717) is 17.1 Å². The number of carbonyl (C=O) groups excluding carboxylic acids is 1. The minimum atomic E-state index is -0.145. The van der Waals surface area contributed by atoms with Crippen molar-refractivity contribution in [2.24, 2.45) is 0 Å². The highest BCUT2D eigenvalue weighted by molar-refractivity contribution is 7.21. The zero-order chi connectivity index (χ0) is 13.1. The Bertz CT molecular complexity index is 612. The second-order valence-corrected chi connectivity index (χ2v) is 5.19. The highest BCUT2D eigenvalue weighted by atomic mass is 32.1. The number of aromatic nitrogens is 1. The number of nitrogens with one attached hydrogen (secondary N) is 1. The summed E-state index contributed by atoms with van der Waals surface area (Å²) in [4.78, 5) is 17.5. The first-order valence-corrected chi connectivity index (χ1v) is 6.46. The first-order valence-electron chi connectivity index (χ1n) is 5.64. The van der Waals surface area contributed by atoms with Crippen LogP contribution in [0.1, 0.15) is 23.5 Å². The first-order chi connectivity index (χ1) is 8.59. The summed E-state index contributed by atoms with van der Waals surface area (Å²) in [5.41, 5.74) is 7.65. The van der Waals surface area contributed by atoms with Crippen LogP contribution in [0.2, 0.25) is 0 Å². The third-order valence-electron chi connectivity index (χ3n) is 2.48. The number of nitrogen functional groups attached to an aromatic ring is 1. The molecule has 0 aromatic carbocycles. The van der Waals surface area contributed by atoms with E-state index in [-0.39, 0.29) is 5.91 Å². The van der Waals surface area contributed by atoms with Crippen LogP contribution in [0, 0.1) is 0 Å². The molecule has 0 unspecified atom stereocenters. The molecule has 0 atom stereocenters. The molecule has 2 aromatic heterocycles. The molecule has 0 saturated carbocycles. The molecule has 0 bridgehead atoms. The Hall–Kier alpha value is -1.88. The van der Waals surface area contributed by atoms with Gasteiger partial charge >= 0.3 is 0 Å². The lowest BCUT2D eigenvalue weighted by molar-refractivity contribution is 0.0963. The van der Waals surface area contributed by atoms with Crippen molar-refractivity contribution < 1.29 is 4.79 Å². The SMILES string of the molecule is CC(C)=CCNC(=O)c1sc2ncccc2c1N. The zero-order valence-electron chi connectivity index (χ0n) is 10.4. The van der Waals surface area contributed by atoms with E-state index >= 15 is 0 Å². The Labute approximate surface area is 110 Å². The maximum Gasteiger partial charge on any atom is 0.263 e. The third kappa shape index (κ3) is 2.51. The molecule has 0 saturated heterocycles. The van der Waals surface area contributed by atoms with Crippen molar-refractivity contribution >= 4 is 33.1 Å². The molecule has 94 valence electrons. The van der Waals surface area contributed by atoms with Gasteiger partial charge in [-0.3, -0.25) is 4.79 Å². The standard InChI is InChI=1S/C13H15N3OS/c1-8(2)5-7-15-12(17)11-10(14)9-4-3-6-16-13(9)18-11/h3-6H,7,14H2,1-2H3,(H,15,17). The molecule has 0 aliphatic rings. The zero-order valence-corrected chi connectivity index (χ0v) is 11.2. The van der Waals surface area contributed by atoms with Gasteiger partial charge in [-0.05, 0) is 26.0 Å². The summed E-state index contributed by atoms with van der Waals surface area (Å²) in [5.74, 6) is -0.145. The molecule has 0 aliphatic heterocycles. The van der Waals surface area contributed by atoms with E-state index in [4.69, 9.17) is 5.73 Å². The number of fused-ring (bicyclic) bond motifs is 1. The van der Waals surface area contributed by atoms with Crippen LogP contribution in [0.15, 0.2) is 30.0 Å². The summed E-state index contributed by atoms with van der Waals surface area (Å²) in [6.45, 7) is 4.50. The maximum atomic E-state index is 12.0. The predicted molar refractivity (Wildman–Crippen MR) is 75.8 cm³/mol. The van der Waals surface area contributed by atoms with E-state index in [0.717, 1.165) is 10.2 Å². The Kier molecular flexibility index (Phi) is 3.62. The van der Waals surface area contributed by atoms with Crippen LogP contribution in [-0.4, -0.2) is 17.4 Å². The lowest BCUT2D eigenvalue weighted by Gasteiger charge is -2.01. The summed E-state index contributed by atoms with van der Waals surface area (Å²) >= 11 is 1.32. The molecule has 2 aromatic rings. The van der Waals surface area contributed by atoms with Gasteiger partial charge in [0.1, 0.15) is 9.71 Å². The van der Waals surface area contributed by atoms with Crippen molar-refractivity contribution in [2.75, 3.05) is 12.3 Å². The number of nitrogens with two attached hydrogens (primary N) is 1. The second-order valence-electron chi connectivity index (χ2n) is 4.19. The fourth-order valence-corrected chi connectivity index (χ4v) is 2.53. The quantitative estimate of drug-likeness (QED) is 0.834. The molecular formula is C13H15N3OS. The lowest BCUT2D eigenvalue weighted by Crippen LogP contribution is -2.23. The van der Waals surface area contributed by atoms with Crippen LogP contribution in [0.5, 0.6) is 0 Å². The molecule has 0 spiro atoms. The number of hydrogen-bond acceptors (Lipinski definition) is 4.